The lowest BCUT2D eigenvalue weighted by Gasteiger charge is -2.35. The van der Waals surface area contributed by atoms with Gasteiger partial charge < -0.3 is 10.2 Å². The van der Waals surface area contributed by atoms with Gasteiger partial charge in [-0.25, -0.2) is 4.39 Å². The van der Waals surface area contributed by atoms with Crippen molar-refractivity contribution in [2.75, 3.05) is 42.9 Å². The first-order valence-corrected chi connectivity index (χ1v) is 10.0. The van der Waals surface area contributed by atoms with Crippen molar-refractivity contribution < 1.29 is 9.18 Å². The second kappa shape index (κ2) is 7.67. The minimum atomic E-state index is -0.231. The molecule has 0 bridgehead atoms. The molecule has 0 radical (unpaired) electrons. The highest BCUT2D eigenvalue weighted by atomic mass is 32.1. The van der Waals surface area contributed by atoms with E-state index in [1.165, 1.54) is 17.0 Å². The monoisotopic (exact) mass is 384 g/mol. The topological polar surface area (TPSA) is 59.4 Å². The van der Waals surface area contributed by atoms with Gasteiger partial charge in [-0.05, 0) is 49.1 Å². The molecule has 2 heterocycles. The van der Waals surface area contributed by atoms with E-state index in [0.717, 1.165) is 56.7 Å². The second-order valence-electron chi connectivity index (χ2n) is 6.96. The van der Waals surface area contributed by atoms with E-state index in [2.05, 4.69) is 21.2 Å². The number of fused-ring (bicyclic) bond motifs is 1. The molecule has 140 valence electrons. The number of hydrogen-bond acceptors (Lipinski definition) is 5. The summed E-state index contributed by atoms with van der Waals surface area (Å²) < 4.78 is 13.1. The lowest BCUT2D eigenvalue weighted by atomic mass is 10.1. The molecule has 27 heavy (non-hydrogen) atoms. The van der Waals surface area contributed by atoms with Gasteiger partial charge in [0.15, 0.2) is 0 Å². The normalized spacial score (nSPS) is 16.8. The Bertz CT molecular complexity index is 879. The quantitative estimate of drug-likeness (QED) is 0.880. The van der Waals surface area contributed by atoms with Crippen LogP contribution in [-0.4, -0.2) is 43.5 Å². The Morgan fingerprint density at radius 2 is 1.93 bits per heavy atom. The number of thiophene rings is 1. The summed E-state index contributed by atoms with van der Waals surface area (Å²) in [6, 6.07) is 8.78. The van der Waals surface area contributed by atoms with Crippen LogP contribution >= 0.6 is 11.3 Å². The fourth-order valence-electron chi connectivity index (χ4n) is 3.80. The molecule has 1 amide bonds. The summed E-state index contributed by atoms with van der Waals surface area (Å²) in [5.74, 6) is -0.299. The van der Waals surface area contributed by atoms with Crippen molar-refractivity contribution in [3.8, 4) is 6.07 Å². The third-order valence-corrected chi connectivity index (χ3v) is 6.42. The molecule has 0 atom stereocenters. The molecule has 0 unspecified atom stereocenters. The zero-order valence-corrected chi connectivity index (χ0v) is 15.8. The van der Waals surface area contributed by atoms with Gasteiger partial charge in [-0.15, -0.1) is 11.3 Å². The summed E-state index contributed by atoms with van der Waals surface area (Å²) in [5.41, 5.74) is 2.79. The number of amides is 1. The van der Waals surface area contributed by atoms with Crippen LogP contribution in [0.15, 0.2) is 24.3 Å². The van der Waals surface area contributed by atoms with Gasteiger partial charge in [0.2, 0.25) is 5.91 Å². The highest BCUT2D eigenvalue weighted by Crippen LogP contribution is 2.38. The van der Waals surface area contributed by atoms with E-state index in [9.17, 15) is 14.4 Å². The molecule has 1 aromatic heterocycles. The smallest absolute Gasteiger partial charge is 0.239 e. The minimum absolute atomic E-state index is 0.0679. The number of piperazine rings is 1. The van der Waals surface area contributed by atoms with E-state index < -0.39 is 0 Å². The zero-order chi connectivity index (χ0) is 18.8. The zero-order valence-electron chi connectivity index (χ0n) is 15.0. The van der Waals surface area contributed by atoms with Crippen LogP contribution in [0, 0.1) is 17.1 Å². The number of nitrogens with one attached hydrogen (secondary N) is 1. The van der Waals surface area contributed by atoms with E-state index in [0.29, 0.717) is 17.1 Å². The van der Waals surface area contributed by atoms with Gasteiger partial charge >= 0.3 is 0 Å². The standard InChI is InChI=1S/C20H21FN4OS/c21-14-4-6-15(7-5-14)25-10-8-24(9-11-25)13-19(26)23-20-17(12-22)16-2-1-3-18(16)27-20/h4-7H,1-3,8-11,13H2,(H,23,26). The van der Waals surface area contributed by atoms with E-state index in [4.69, 9.17) is 0 Å². The van der Waals surface area contributed by atoms with Crippen molar-refractivity contribution in [3.05, 3.63) is 46.1 Å². The molecule has 4 rings (SSSR count). The maximum Gasteiger partial charge on any atom is 0.239 e. The molecule has 5 nitrogen and oxygen atoms in total. The lowest BCUT2D eigenvalue weighted by Crippen LogP contribution is -2.48. The Labute approximate surface area is 162 Å². The number of carbonyl (C=O) groups excluding carboxylic acids is 1. The summed E-state index contributed by atoms with van der Waals surface area (Å²) in [5, 5.41) is 13.1. The van der Waals surface area contributed by atoms with Crippen LogP contribution in [0.4, 0.5) is 15.1 Å². The summed E-state index contributed by atoms with van der Waals surface area (Å²) in [6.45, 7) is 3.48. The van der Waals surface area contributed by atoms with Crippen LogP contribution < -0.4 is 10.2 Å². The van der Waals surface area contributed by atoms with Crippen molar-refractivity contribution in [1.29, 1.82) is 5.26 Å². The van der Waals surface area contributed by atoms with Crippen LogP contribution in [0.1, 0.15) is 22.4 Å². The largest absolute Gasteiger partial charge is 0.369 e. The molecule has 1 saturated heterocycles. The van der Waals surface area contributed by atoms with E-state index in [-0.39, 0.29) is 11.7 Å². The van der Waals surface area contributed by atoms with Crippen LogP contribution in [-0.2, 0) is 17.6 Å². The Morgan fingerprint density at radius 1 is 1.19 bits per heavy atom. The number of rotatable bonds is 4. The summed E-state index contributed by atoms with van der Waals surface area (Å²) in [7, 11) is 0. The molecule has 2 aliphatic rings. The highest BCUT2D eigenvalue weighted by molar-refractivity contribution is 7.16. The van der Waals surface area contributed by atoms with Crippen LogP contribution in [0.3, 0.4) is 0 Å². The molecular weight excluding hydrogens is 363 g/mol. The van der Waals surface area contributed by atoms with Gasteiger partial charge in [-0.1, -0.05) is 0 Å². The average molecular weight is 384 g/mol. The number of benzene rings is 1. The maximum atomic E-state index is 13.1. The first-order valence-electron chi connectivity index (χ1n) is 9.21. The van der Waals surface area contributed by atoms with Crippen molar-refractivity contribution in [3.63, 3.8) is 0 Å². The molecular formula is C20H21FN4OS. The van der Waals surface area contributed by atoms with E-state index in [1.54, 1.807) is 23.5 Å². The van der Waals surface area contributed by atoms with Crippen molar-refractivity contribution in [2.24, 2.45) is 0 Å². The summed E-state index contributed by atoms with van der Waals surface area (Å²) >= 11 is 1.55. The predicted octanol–water partition coefficient (Wildman–Crippen LogP) is 3.01. The molecule has 1 fully saturated rings. The van der Waals surface area contributed by atoms with Gasteiger partial charge in [0, 0.05) is 36.7 Å². The third kappa shape index (κ3) is 3.82. The fourth-order valence-corrected chi connectivity index (χ4v) is 5.05. The number of aryl methyl sites for hydroxylation is 1. The first-order chi connectivity index (χ1) is 13.1. The van der Waals surface area contributed by atoms with Crippen molar-refractivity contribution in [2.45, 2.75) is 19.3 Å². The first kappa shape index (κ1) is 18.0. The Kier molecular flexibility index (Phi) is 5.10. The number of nitrogens with zero attached hydrogens (tertiary/aromatic N) is 3. The SMILES string of the molecule is N#Cc1c(NC(=O)CN2CCN(c3ccc(F)cc3)CC2)sc2c1CCC2. The predicted molar refractivity (Wildman–Crippen MR) is 105 cm³/mol. The third-order valence-electron chi connectivity index (χ3n) is 5.22. The molecule has 1 aromatic carbocycles. The maximum absolute atomic E-state index is 13.1. The van der Waals surface area contributed by atoms with E-state index >= 15 is 0 Å². The molecule has 0 saturated carbocycles. The molecule has 2 aromatic rings. The minimum Gasteiger partial charge on any atom is -0.369 e. The van der Waals surface area contributed by atoms with Crippen molar-refractivity contribution >= 4 is 27.9 Å². The summed E-state index contributed by atoms with van der Waals surface area (Å²) in [4.78, 5) is 18.0. The Morgan fingerprint density at radius 3 is 2.63 bits per heavy atom. The second-order valence-corrected chi connectivity index (χ2v) is 8.07. The van der Waals surface area contributed by atoms with Gasteiger partial charge in [-0.2, -0.15) is 5.26 Å². The molecule has 1 N–H and O–H groups in total. The Hall–Kier alpha value is -2.43. The number of carbonyl (C=O) groups is 1. The van der Waals surface area contributed by atoms with E-state index in [1.807, 2.05) is 0 Å². The number of hydrogen-bond donors (Lipinski definition) is 1. The number of anilines is 2. The van der Waals surface area contributed by atoms with Crippen LogP contribution in [0.5, 0.6) is 0 Å². The van der Waals surface area contributed by atoms with Crippen LogP contribution in [0.25, 0.3) is 0 Å². The van der Waals surface area contributed by atoms with Gasteiger partial charge in [0.25, 0.3) is 0 Å². The molecule has 1 aliphatic carbocycles. The van der Waals surface area contributed by atoms with Gasteiger partial charge in [-0.3, -0.25) is 9.69 Å². The molecule has 0 spiro atoms. The lowest BCUT2D eigenvalue weighted by molar-refractivity contribution is -0.117. The van der Waals surface area contributed by atoms with Crippen molar-refractivity contribution in [1.82, 2.24) is 4.90 Å². The number of nitriles is 1. The van der Waals surface area contributed by atoms with Gasteiger partial charge in [0.05, 0.1) is 12.1 Å². The average Bonchev–Trinajstić information content (AvgIpc) is 3.23. The molecule has 7 heteroatoms. The molecule has 1 aliphatic heterocycles. The van der Waals surface area contributed by atoms with Crippen LogP contribution in [0.2, 0.25) is 0 Å². The number of halogens is 1. The summed E-state index contributed by atoms with van der Waals surface area (Å²) in [6.07, 6.45) is 3.05. The van der Waals surface area contributed by atoms with Gasteiger partial charge in [0.1, 0.15) is 16.9 Å². The highest BCUT2D eigenvalue weighted by Gasteiger charge is 2.24. The Balaban J connectivity index is 1.31. The fraction of sp³-hybridized carbons (Fsp3) is 0.400.